The number of nitrogens with one attached hydrogen (secondary N) is 1. The van der Waals surface area contributed by atoms with Crippen molar-refractivity contribution in [1.82, 2.24) is 9.97 Å². The highest BCUT2D eigenvalue weighted by atomic mass is 32.1. The van der Waals surface area contributed by atoms with E-state index in [-0.39, 0.29) is 6.17 Å². The van der Waals surface area contributed by atoms with Gasteiger partial charge in [-0.3, -0.25) is 0 Å². The second-order valence-corrected chi connectivity index (χ2v) is 14.6. The highest BCUT2D eigenvalue weighted by molar-refractivity contribution is 7.23. The number of nitrogens with zero attached hydrogens (tertiary/aromatic N) is 3. The Morgan fingerprint density at radius 2 is 1.27 bits per heavy atom. The summed E-state index contributed by atoms with van der Waals surface area (Å²) in [5, 5.41) is 7.28. The van der Waals surface area contributed by atoms with Crippen molar-refractivity contribution in [3.05, 3.63) is 163 Å². The molecule has 0 radical (unpaired) electrons. The molecule has 240 valence electrons. The Bertz CT molecular complexity index is 2870. The molecule has 2 aliphatic heterocycles. The number of thiophene rings is 1. The summed E-state index contributed by atoms with van der Waals surface area (Å²) in [7, 11) is 0. The fourth-order valence-corrected chi connectivity index (χ4v) is 9.29. The molecule has 2 aliphatic rings. The summed E-state index contributed by atoms with van der Waals surface area (Å²) in [6.07, 6.45) is 0.0702. The third-order valence-corrected chi connectivity index (χ3v) is 11.7. The lowest BCUT2D eigenvalue weighted by Crippen LogP contribution is -2.26. The lowest BCUT2D eigenvalue weighted by Gasteiger charge is -2.33. The van der Waals surface area contributed by atoms with Crippen molar-refractivity contribution in [2.45, 2.75) is 13.1 Å². The fraction of sp³-hybridized carbons (Fsp3) is 0.0435. The topological polar surface area (TPSA) is 41.0 Å². The summed E-state index contributed by atoms with van der Waals surface area (Å²) in [5.74, 6) is 0. The van der Waals surface area contributed by atoms with Crippen LogP contribution < -0.4 is 10.2 Å². The van der Waals surface area contributed by atoms with E-state index in [1.165, 1.54) is 59.8 Å². The van der Waals surface area contributed by atoms with Crippen molar-refractivity contribution < 1.29 is 0 Å². The molecule has 6 aromatic carbocycles. The Labute approximate surface area is 299 Å². The Kier molecular flexibility index (Phi) is 6.07. The summed E-state index contributed by atoms with van der Waals surface area (Å²) in [4.78, 5) is 14.2. The molecular formula is C46H30N4S. The molecule has 0 fully saturated rings. The Morgan fingerprint density at radius 1 is 0.588 bits per heavy atom. The molecule has 0 amide bonds. The monoisotopic (exact) mass is 670 g/mol. The average Bonchev–Trinajstić information content (AvgIpc) is 3.77. The number of anilines is 3. The molecule has 4 nitrogen and oxygen atoms in total. The minimum Gasteiger partial charge on any atom is -0.359 e. The third-order valence-electron chi connectivity index (χ3n) is 10.5. The molecule has 0 aliphatic carbocycles. The van der Waals surface area contributed by atoms with Crippen molar-refractivity contribution in [3.63, 3.8) is 0 Å². The van der Waals surface area contributed by atoms with Gasteiger partial charge in [0.25, 0.3) is 0 Å². The summed E-state index contributed by atoms with van der Waals surface area (Å²) in [6.45, 7) is 2.19. The first-order valence-corrected chi connectivity index (χ1v) is 18.2. The maximum atomic E-state index is 5.25. The molecule has 1 unspecified atom stereocenters. The highest BCUT2D eigenvalue weighted by Gasteiger charge is 2.39. The van der Waals surface area contributed by atoms with Gasteiger partial charge in [0.05, 0.1) is 44.4 Å². The van der Waals surface area contributed by atoms with Crippen molar-refractivity contribution in [2.24, 2.45) is 0 Å². The molecule has 0 bridgehead atoms. The van der Waals surface area contributed by atoms with Crippen LogP contribution in [0.25, 0.3) is 76.0 Å². The van der Waals surface area contributed by atoms with Gasteiger partial charge in [-0.1, -0.05) is 115 Å². The fourth-order valence-electron chi connectivity index (χ4n) is 8.07. The molecule has 1 N–H and O–H groups in total. The molecule has 0 saturated carbocycles. The van der Waals surface area contributed by atoms with E-state index in [2.05, 4.69) is 163 Å². The van der Waals surface area contributed by atoms with E-state index < -0.39 is 0 Å². The van der Waals surface area contributed by atoms with E-state index in [1.54, 1.807) is 0 Å². The van der Waals surface area contributed by atoms with E-state index in [1.807, 2.05) is 17.4 Å². The Morgan fingerprint density at radius 3 is 2.12 bits per heavy atom. The minimum atomic E-state index is 0.0702. The van der Waals surface area contributed by atoms with Crippen LogP contribution in [0, 0.1) is 6.92 Å². The number of pyridine rings is 2. The predicted molar refractivity (Wildman–Crippen MR) is 214 cm³/mol. The lowest BCUT2D eigenvalue weighted by atomic mass is 9.94. The number of para-hydroxylation sites is 2. The van der Waals surface area contributed by atoms with Gasteiger partial charge in [-0.2, -0.15) is 0 Å². The number of benzene rings is 6. The molecule has 5 heterocycles. The first kappa shape index (κ1) is 28.5. The van der Waals surface area contributed by atoms with Crippen LogP contribution in [0.15, 0.2) is 152 Å². The molecule has 51 heavy (non-hydrogen) atoms. The number of aromatic nitrogens is 2. The quantitative estimate of drug-likeness (QED) is 0.190. The van der Waals surface area contributed by atoms with Gasteiger partial charge in [-0.25, -0.2) is 9.97 Å². The first-order valence-electron chi connectivity index (χ1n) is 17.4. The molecule has 5 heteroatoms. The van der Waals surface area contributed by atoms with Crippen molar-refractivity contribution >= 4 is 60.3 Å². The maximum Gasteiger partial charge on any atom is 0.131 e. The van der Waals surface area contributed by atoms with Crippen molar-refractivity contribution in [1.29, 1.82) is 0 Å². The van der Waals surface area contributed by atoms with Crippen LogP contribution in [0.3, 0.4) is 0 Å². The van der Waals surface area contributed by atoms with Crippen LogP contribution in [0.2, 0.25) is 0 Å². The number of aryl methyl sites for hydroxylation is 1. The molecule has 1 atom stereocenters. The number of rotatable bonds is 3. The van der Waals surface area contributed by atoms with Gasteiger partial charge in [0.2, 0.25) is 0 Å². The van der Waals surface area contributed by atoms with Gasteiger partial charge in [0, 0.05) is 43.1 Å². The van der Waals surface area contributed by atoms with Gasteiger partial charge in [0.15, 0.2) is 0 Å². The number of hydrogen-bond acceptors (Lipinski definition) is 5. The zero-order chi connectivity index (χ0) is 33.6. The standard InChI is InChI=1S/C46H30N4S/c1-27-25-31(17-21-33(27)38-23-19-30-16-15-29-18-22-37(28-9-3-2-4-10-28)47-42(29)43(30)48-38)32-20-24-41-36(26-32)44-45(51-41)34-11-5-6-12-35(34)46-49-39-13-7-8-14-40(39)50(44)46/h2-26,46,49H,1H3. The van der Waals surface area contributed by atoms with Crippen LogP contribution in [0.4, 0.5) is 17.1 Å². The van der Waals surface area contributed by atoms with Gasteiger partial charge in [-0.05, 0) is 60.0 Å². The van der Waals surface area contributed by atoms with E-state index in [9.17, 15) is 0 Å². The van der Waals surface area contributed by atoms with E-state index in [0.29, 0.717) is 0 Å². The normalized spacial score (nSPS) is 14.3. The van der Waals surface area contributed by atoms with Crippen LogP contribution in [-0.2, 0) is 0 Å². The van der Waals surface area contributed by atoms with Crippen LogP contribution >= 0.6 is 11.3 Å². The van der Waals surface area contributed by atoms with E-state index >= 15 is 0 Å². The molecular weight excluding hydrogens is 641 g/mol. The Hall–Kier alpha value is -6.30. The molecule has 0 spiro atoms. The zero-order valence-electron chi connectivity index (χ0n) is 27.8. The number of fused-ring (bicyclic) bond motifs is 13. The van der Waals surface area contributed by atoms with E-state index in [4.69, 9.17) is 9.97 Å². The summed E-state index contributed by atoms with van der Waals surface area (Å²) in [6, 6.07) is 54.4. The molecule has 9 aromatic rings. The van der Waals surface area contributed by atoms with Gasteiger partial charge in [0.1, 0.15) is 6.17 Å². The summed E-state index contributed by atoms with van der Waals surface area (Å²) in [5.41, 5.74) is 15.9. The molecule has 3 aromatic heterocycles. The summed E-state index contributed by atoms with van der Waals surface area (Å²) < 4.78 is 1.30. The minimum absolute atomic E-state index is 0.0702. The second kappa shape index (κ2) is 10.8. The average molecular weight is 671 g/mol. The van der Waals surface area contributed by atoms with Crippen LogP contribution in [0.5, 0.6) is 0 Å². The van der Waals surface area contributed by atoms with Gasteiger partial charge < -0.3 is 10.2 Å². The lowest BCUT2D eigenvalue weighted by molar-refractivity contribution is 0.825. The predicted octanol–water partition coefficient (Wildman–Crippen LogP) is 12.5. The number of hydrogen-bond donors (Lipinski definition) is 1. The smallest absolute Gasteiger partial charge is 0.131 e. The van der Waals surface area contributed by atoms with Crippen molar-refractivity contribution in [3.8, 4) is 44.1 Å². The summed E-state index contributed by atoms with van der Waals surface area (Å²) >= 11 is 1.89. The molecule has 0 saturated heterocycles. The van der Waals surface area contributed by atoms with E-state index in [0.717, 1.165) is 44.3 Å². The second-order valence-electron chi connectivity index (χ2n) is 13.5. The van der Waals surface area contributed by atoms with Gasteiger partial charge >= 0.3 is 0 Å². The third kappa shape index (κ3) is 4.32. The highest BCUT2D eigenvalue weighted by Crippen LogP contribution is 2.59. The zero-order valence-corrected chi connectivity index (χ0v) is 28.6. The van der Waals surface area contributed by atoms with Crippen molar-refractivity contribution in [2.75, 3.05) is 10.2 Å². The van der Waals surface area contributed by atoms with Crippen LogP contribution in [0.1, 0.15) is 17.3 Å². The SMILES string of the molecule is Cc1cc(-c2ccc3sc4c(c3c2)N2c3ccccc3NC2c2ccccc2-4)ccc1-c1ccc2ccc3ccc(-c4ccccc4)nc3c2n1. The maximum absolute atomic E-state index is 5.25. The Balaban J connectivity index is 1.01. The largest absolute Gasteiger partial charge is 0.359 e. The first-order chi connectivity index (χ1) is 25.2. The molecule has 11 rings (SSSR count). The van der Waals surface area contributed by atoms with Gasteiger partial charge in [-0.15, -0.1) is 11.3 Å². The van der Waals surface area contributed by atoms with Crippen LogP contribution in [-0.4, -0.2) is 9.97 Å².